The molecule has 0 unspecified atom stereocenters. The summed E-state index contributed by atoms with van der Waals surface area (Å²) < 4.78 is 0. The molecule has 0 bridgehead atoms. The zero-order valence-electron chi connectivity index (χ0n) is 10.5. The van der Waals surface area contributed by atoms with Crippen molar-refractivity contribution in [3.05, 3.63) is 29.8 Å². The number of nitrogen functional groups attached to an aromatic ring is 2. The maximum Gasteiger partial charge on any atom is 0.337 e. The van der Waals surface area contributed by atoms with Gasteiger partial charge in [0.15, 0.2) is 5.16 Å². The van der Waals surface area contributed by atoms with E-state index in [2.05, 4.69) is 9.97 Å². The zero-order valence-corrected chi connectivity index (χ0v) is 12.2. The summed E-state index contributed by atoms with van der Waals surface area (Å²) in [5, 5.41) is 9.67. The lowest BCUT2D eigenvalue weighted by Crippen LogP contribution is -2.03. The van der Waals surface area contributed by atoms with E-state index in [0.29, 0.717) is 14.9 Å². The number of aromatic nitrogens is 2. The molecule has 0 aliphatic heterocycles. The predicted molar refractivity (Wildman–Crippen MR) is 80.2 cm³/mol. The Hall–Kier alpha value is -1.93. The van der Waals surface area contributed by atoms with Gasteiger partial charge in [0.25, 0.3) is 0 Å². The minimum atomic E-state index is -0.991. The molecule has 1 aromatic heterocycles. The van der Waals surface area contributed by atoms with Gasteiger partial charge in [0.2, 0.25) is 0 Å². The van der Waals surface area contributed by atoms with E-state index < -0.39 is 5.97 Å². The Labute approximate surface area is 124 Å². The molecule has 0 aliphatic carbocycles. The molecule has 0 saturated heterocycles. The Kier molecular flexibility index (Phi) is 4.35. The summed E-state index contributed by atoms with van der Waals surface area (Å²) in [6.45, 7) is 0. The highest BCUT2D eigenvalue weighted by molar-refractivity contribution is 7.99. The van der Waals surface area contributed by atoms with Crippen molar-refractivity contribution < 1.29 is 9.90 Å². The first-order valence-electron chi connectivity index (χ1n) is 5.49. The summed E-state index contributed by atoms with van der Waals surface area (Å²) >= 11 is 2.49. The van der Waals surface area contributed by atoms with Crippen molar-refractivity contribution >= 4 is 41.1 Å². The molecule has 0 saturated carbocycles. The van der Waals surface area contributed by atoms with Crippen LogP contribution in [0.15, 0.2) is 39.2 Å². The molecule has 0 fully saturated rings. The number of anilines is 2. The van der Waals surface area contributed by atoms with Crippen LogP contribution in [0.25, 0.3) is 0 Å². The third-order valence-electron chi connectivity index (χ3n) is 2.37. The van der Waals surface area contributed by atoms with E-state index >= 15 is 0 Å². The molecule has 8 heteroatoms. The number of nitrogens with zero attached hydrogens (tertiary/aromatic N) is 2. The topological polar surface area (TPSA) is 115 Å². The number of carboxylic acids is 1. The quantitative estimate of drug-likeness (QED) is 0.581. The Morgan fingerprint density at radius 3 is 2.35 bits per heavy atom. The fourth-order valence-corrected chi connectivity index (χ4v) is 3.21. The van der Waals surface area contributed by atoms with Gasteiger partial charge in [0.1, 0.15) is 11.6 Å². The minimum absolute atomic E-state index is 0.231. The highest BCUT2D eigenvalue weighted by Gasteiger charge is 2.17. The SMILES string of the molecule is CSc1cccc(Sc2nc(N)cc(N)n2)c1C(=O)O. The lowest BCUT2D eigenvalue weighted by atomic mass is 10.2. The van der Waals surface area contributed by atoms with Gasteiger partial charge < -0.3 is 16.6 Å². The van der Waals surface area contributed by atoms with Crippen molar-refractivity contribution in [2.45, 2.75) is 14.9 Å². The summed E-state index contributed by atoms with van der Waals surface area (Å²) in [7, 11) is 0. The molecule has 0 aliphatic rings. The molecule has 0 amide bonds. The van der Waals surface area contributed by atoms with Crippen LogP contribution < -0.4 is 11.5 Å². The molecule has 1 heterocycles. The van der Waals surface area contributed by atoms with Crippen LogP contribution in [0, 0.1) is 0 Å². The van der Waals surface area contributed by atoms with Crippen LogP contribution in [0.2, 0.25) is 0 Å². The third kappa shape index (κ3) is 3.14. The van der Waals surface area contributed by atoms with E-state index in [0.717, 1.165) is 11.8 Å². The fourth-order valence-electron chi connectivity index (χ4n) is 1.58. The number of aromatic carboxylic acids is 1. The summed E-state index contributed by atoms with van der Waals surface area (Å²) in [5.41, 5.74) is 11.4. The van der Waals surface area contributed by atoms with E-state index in [4.69, 9.17) is 11.5 Å². The maximum atomic E-state index is 11.4. The van der Waals surface area contributed by atoms with Crippen LogP contribution in [0.4, 0.5) is 11.6 Å². The summed E-state index contributed by atoms with van der Waals surface area (Å²) in [4.78, 5) is 20.7. The van der Waals surface area contributed by atoms with Crippen LogP contribution in [0.3, 0.4) is 0 Å². The van der Waals surface area contributed by atoms with Crippen LogP contribution >= 0.6 is 23.5 Å². The van der Waals surface area contributed by atoms with Gasteiger partial charge in [0, 0.05) is 15.9 Å². The monoisotopic (exact) mass is 308 g/mol. The highest BCUT2D eigenvalue weighted by Crippen LogP contribution is 2.33. The molecular formula is C12H12N4O2S2. The number of thioether (sulfide) groups is 1. The lowest BCUT2D eigenvalue weighted by molar-refractivity contribution is 0.0689. The van der Waals surface area contributed by atoms with Crippen molar-refractivity contribution in [1.29, 1.82) is 0 Å². The summed E-state index contributed by atoms with van der Waals surface area (Å²) in [6.07, 6.45) is 1.82. The first-order chi connectivity index (χ1) is 9.51. The van der Waals surface area contributed by atoms with Gasteiger partial charge in [-0.05, 0) is 30.2 Å². The number of rotatable bonds is 4. The van der Waals surface area contributed by atoms with Crippen LogP contribution in [0.1, 0.15) is 10.4 Å². The number of hydrogen-bond donors (Lipinski definition) is 3. The standard InChI is InChI=1S/C12H12N4O2S2/c1-19-6-3-2-4-7(10(6)11(17)18)20-12-15-8(13)5-9(14)16-12/h2-5H,1H3,(H,17,18)(H4,13,14,15,16). The number of benzene rings is 1. The molecule has 1 aromatic carbocycles. The van der Waals surface area contributed by atoms with Crippen molar-refractivity contribution in [3.63, 3.8) is 0 Å². The smallest absolute Gasteiger partial charge is 0.337 e. The second-order valence-corrected chi connectivity index (χ2v) is 5.60. The largest absolute Gasteiger partial charge is 0.478 e. The van der Waals surface area contributed by atoms with Gasteiger partial charge in [-0.25, -0.2) is 14.8 Å². The van der Waals surface area contributed by atoms with E-state index in [1.165, 1.54) is 17.8 Å². The molecule has 5 N–H and O–H groups in total. The Balaban J connectivity index is 2.45. The molecule has 0 radical (unpaired) electrons. The summed E-state index contributed by atoms with van der Waals surface area (Å²) in [5.74, 6) is -0.495. The normalized spacial score (nSPS) is 10.4. The molecule has 20 heavy (non-hydrogen) atoms. The maximum absolute atomic E-state index is 11.4. The predicted octanol–water partition coefficient (Wildman–Crippen LogP) is 2.21. The Morgan fingerprint density at radius 2 is 1.80 bits per heavy atom. The third-order valence-corrected chi connectivity index (χ3v) is 4.07. The second-order valence-electron chi connectivity index (χ2n) is 3.74. The molecule has 104 valence electrons. The number of nitrogens with two attached hydrogens (primary N) is 2. The van der Waals surface area contributed by atoms with Crippen molar-refractivity contribution in [3.8, 4) is 0 Å². The average molecular weight is 308 g/mol. The lowest BCUT2D eigenvalue weighted by Gasteiger charge is -2.09. The van der Waals surface area contributed by atoms with Gasteiger partial charge >= 0.3 is 5.97 Å². The Bertz CT molecular complexity index is 644. The average Bonchev–Trinajstić information content (AvgIpc) is 2.36. The second kappa shape index (κ2) is 6.02. The van der Waals surface area contributed by atoms with Gasteiger partial charge in [0.05, 0.1) is 5.56 Å². The zero-order chi connectivity index (χ0) is 14.7. The molecule has 6 nitrogen and oxygen atoms in total. The van der Waals surface area contributed by atoms with Crippen LogP contribution in [0.5, 0.6) is 0 Å². The van der Waals surface area contributed by atoms with Crippen molar-refractivity contribution in [2.24, 2.45) is 0 Å². The minimum Gasteiger partial charge on any atom is -0.478 e. The number of carbonyl (C=O) groups is 1. The Morgan fingerprint density at radius 1 is 1.20 bits per heavy atom. The van der Waals surface area contributed by atoms with E-state index in [1.54, 1.807) is 18.2 Å². The van der Waals surface area contributed by atoms with Gasteiger partial charge in [-0.3, -0.25) is 0 Å². The molecule has 0 spiro atoms. The molecule has 2 aromatic rings. The van der Waals surface area contributed by atoms with Gasteiger partial charge in [-0.15, -0.1) is 11.8 Å². The molecule has 2 rings (SSSR count). The number of carboxylic acid groups (broad SMARTS) is 1. The van der Waals surface area contributed by atoms with Crippen molar-refractivity contribution in [2.75, 3.05) is 17.7 Å². The molecular weight excluding hydrogens is 296 g/mol. The van der Waals surface area contributed by atoms with Crippen LogP contribution in [-0.2, 0) is 0 Å². The van der Waals surface area contributed by atoms with Gasteiger partial charge in [-0.2, -0.15) is 0 Å². The number of hydrogen-bond acceptors (Lipinski definition) is 7. The van der Waals surface area contributed by atoms with Crippen LogP contribution in [-0.4, -0.2) is 27.3 Å². The van der Waals surface area contributed by atoms with E-state index in [9.17, 15) is 9.90 Å². The van der Waals surface area contributed by atoms with E-state index in [1.807, 2.05) is 6.26 Å². The summed E-state index contributed by atoms with van der Waals surface area (Å²) in [6, 6.07) is 6.69. The van der Waals surface area contributed by atoms with Crippen molar-refractivity contribution in [1.82, 2.24) is 9.97 Å². The van der Waals surface area contributed by atoms with E-state index in [-0.39, 0.29) is 17.2 Å². The first-order valence-corrected chi connectivity index (χ1v) is 7.53. The fraction of sp³-hybridized carbons (Fsp3) is 0.0833. The first kappa shape index (κ1) is 14.5. The molecule has 0 atom stereocenters. The highest BCUT2D eigenvalue weighted by atomic mass is 32.2. The van der Waals surface area contributed by atoms with Gasteiger partial charge in [-0.1, -0.05) is 6.07 Å².